The predicted octanol–water partition coefficient (Wildman–Crippen LogP) is 5.58. The smallest absolute Gasteiger partial charge is 0.194 e. The van der Waals surface area contributed by atoms with Crippen molar-refractivity contribution in [2.75, 3.05) is 6.61 Å². The Morgan fingerprint density at radius 2 is 1.61 bits per heavy atom. The summed E-state index contributed by atoms with van der Waals surface area (Å²) in [6.45, 7) is 2.95. The van der Waals surface area contributed by atoms with Gasteiger partial charge in [-0.2, -0.15) is 0 Å². The number of hydrogen-bond acceptors (Lipinski definition) is 1. The first-order valence-corrected chi connectivity index (χ1v) is 8.84. The molecule has 0 N–H and O–H groups in total. The number of fused-ring (bicyclic) bond motifs is 1. The number of halogens is 3. The molecule has 23 heavy (non-hydrogen) atoms. The van der Waals surface area contributed by atoms with Crippen LogP contribution in [0.3, 0.4) is 0 Å². The van der Waals surface area contributed by atoms with Crippen LogP contribution in [0.1, 0.15) is 63.4 Å². The van der Waals surface area contributed by atoms with Gasteiger partial charge >= 0.3 is 0 Å². The first kappa shape index (κ1) is 16.8. The zero-order chi connectivity index (χ0) is 16.4. The molecule has 4 heteroatoms. The van der Waals surface area contributed by atoms with E-state index in [0.29, 0.717) is 23.5 Å². The maximum absolute atomic E-state index is 13.5. The molecular formula is C19H25F3O. The lowest BCUT2D eigenvalue weighted by Crippen LogP contribution is -2.34. The summed E-state index contributed by atoms with van der Waals surface area (Å²) in [5.41, 5.74) is 0.615. The van der Waals surface area contributed by atoms with Crippen molar-refractivity contribution in [1.82, 2.24) is 0 Å². The molecule has 1 nitrogen and oxygen atoms in total. The van der Waals surface area contributed by atoms with Gasteiger partial charge in [-0.15, -0.1) is 0 Å². The third-order valence-corrected chi connectivity index (χ3v) is 5.60. The third kappa shape index (κ3) is 3.73. The standard InChI is InChI=1S/C19H25F3O/c1-2-7-23-16-6-5-12-8-13(3-4-14(12)9-16)15-10-17(20)19(22)18(21)11-15/h10-14,16H,2-9H2,1H3. The van der Waals surface area contributed by atoms with Gasteiger partial charge in [0.1, 0.15) is 0 Å². The van der Waals surface area contributed by atoms with Gasteiger partial charge in [0.05, 0.1) is 6.10 Å². The second-order valence-electron chi connectivity index (χ2n) is 7.13. The Hall–Kier alpha value is -1.03. The molecule has 2 fully saturated rings. The Kier molecular flexibility index (Phi) is 5.30. The molecule has 1 aromatic carbocycles. The molecular weight excluding hydrogens is 301 g/mol. The number of rotatable bonds is 4. The van der Waals surface area contributed by atoms with Gasteiger partial charge in [-0.25, -0.2) is 13.2 Å². The Morgan fingerprint density at radius 1 is 0.957 bits per heavy atom. The quantitative estimate of drug-likeness (QED) is 0.656. The average Bonchev–Trinajstić information content (AvgIpc) is 2.56. The van der Waals surface area contributed by atoms with E-state index in [1.165, 1.54) is 12.1 Å². The van der Waals surface area contributed by atoms with E-state index in [9.17, 15) is 13.2 Å². The van der Waals surface area contributed by atoms with Gasteiger partial charge in [-0.3, -0.25) is 0 Å². The van der Waals surface area contributed by atoms with E-state index in [4.69, 9.17) is 4.74 Å². The summed E-state index contributed by atoms with van der Waals surface area (Å²) in [5, 5.41) is 0. The average molecular weight is 326 g/mol. The molecule has 3 rings (SSSR count). The first-order chi connectivity index (χ1) is 11.1. The number of benzene rings is 1. The molecule has 1 aromatic rings. The molecule has 2 saturated carbocycles. The van der Waals surface area contributed by atoms with E-state index >= 15 is 0 Å². The van der Waals surface area contributed by atoms with Crippen LogP contribution < -0.4 is 0 Å². The molecule has 128 valence electrons. The monoisotopic (exact) mass is 326 g/mol. The zero-order valence-electron chi connectivity index (χ0n) is 13.7. The molecule has 0 aromatic heterocycles. The second-order valence-corrected chi connectivity index (χ2v) is 7.13. The Balaban J connectivity index is 1.63. The molecule has 4 atom stereocenters. The highest BCUT2D eigenvalue weighted by Crippen LogP contribution is 2.46. The molecule has 2 aliphatic carbocycles. The van der Waals surface area contributed by atoms with Gasteiger partial charge in [0.15, 0.2) is 17.5 Å². The fourth-order valence-corrected chi connectivity index (χ4v) is 4.40. The van der Waals surface area contributed by atoms with E-state index in [1.807, 2.05) is 0 Å². The number of ether oxygens (including phenoxy) is 1. The highest BCUT2D eigenvalue weighted by atomic mass is 19.2. The minimum absolute atomic E-state index is 0.147. The van der Waals surface area contributed by atoms with Crippen LogP contribution in [-0.2, 0) is 4.74 Å². The van der Waals surface area contributed by atoms with Crippen LogP contribution in [-0.4, -0.2) is 12.7 Å². The Labute approximate surface area is 136 Å². The summed E-state index contributed by atoms with van der Waals surface area (Å²) in [5.74, 6) is -2.09. The van der Waals surface area contributed by atoms with Crippen molar-refractivity contribution in [1.29, 1.82) is 0 Å². The highest BCUT2D eigenvalue weighted by molar-refractivity contribution is 5.24. The van der Waals surface area contributed by atoms with Crippen molar-refractivity contribution in [3.05, 3.63) is 35.1 Å². The van der Waals surface area contributed by atoms with Gasteiger partial charge < -0.3 is 4.74 Å². The summed E-state index contributed by atoms with van der Waals surface area (Å²) >= 11 is 0. The Morgan fingerprint density at radius 3 is 2.30 bits per heavy atom. The second kappa shape index (κ2) is 7.25. The van der Waals surface area contributed by atoms with Crippen molar-refractivity contribution in [3.8, 4) is 0 Å². The molecule has 0 saturated heterocycles. The lowest BCUT2D eigenvalue weighted by atomic mass is 9.65. The minimum Gasteiger partial charge on any atom is -0.378 e. The van der Waals surface area contributed by atoms with Crippen molar-refractivity contribution in [3.63, 3.8) is 0 Å². The zero-order valence-corrected chi connectivity index (χ0v) is 13.7. The van der Waals surface area contributed by atoms with E-state index < -0.39 is 17.5 Å². The third-order valence-electron chi connectivity index (χ3n) is 5.60. The first-order valence-electron chi connectivity index (χ1n) is 8.84. The molecule has 0 heterocycles. The van der Waals surface area contributed by atoms with Crippen LogP contribution in [0.25, 0.3) is 0 Å². The molecule has 2 aliphatic rings. The van der Waals surface area contributed by atoms with Crippen LogP contribution in [0.15, 0.2) is 12.1 Å². The molecule has 0 aliphatic heterocycles. The van der Waals surface area contributed by atoms with Crippen LogP contribution in [0.5, 0.6) is 0 Å². The van der Waals surface area contributed by atoms with Gasteiger partial charge in [-0.1, -0.05) is 6.92 Å². The minimum atomic E-state index is -1.36. The van der Waals surface area contributed by atoms with Gasteiger partial charge in [0, 0.05) is 6.61 Å². The summed E-state index contributed by atoms with van der Waals surface area (Å²) < 4.78 is 46.0. The normalized spacial score (nSPS) is 31.0. The fraction of sp³-hybridized carbons (Fsp3) is 0.684. The molecule has 0 bridgehead atoms. The molecule has 0 amide bonds. The summed E-state index contributed by atoms with van der Waals surface area (Å²) in [4.78, 5) is 0. The van der Waals surface area contributed by atoms with Crippen LogP contribution in [0.4, 0.5) is 13.2 Å². The van der Waals surface area contributed by atoms with E-state index in [0.717, 1.165) is 51.6 Å². The SMILES string of the molecule is CCCOC1CCC2CC(c3cc(F)c(F)c(F)c3)CCC2C1. The maximum Gasteiger partial charge on any atom is 0.194 e. The fourth-order valence-electron chi connectivity index (χ4n) is 4.40. The highest BCUT2D eigenvalue weighted by Gasteiger charge is 2.36. The molecule has 4 unspecified atom stereocenters. The van der Waals surface area contributed by atoms with E-state index in [-0.39, 0.29) is 5.92 Å². The van der Waals surface area contributed by atoms with Crippen molar-refractivity contribution in [2.45, 2.75) is 63.9 Å². The van der Waals surface area contributed by atoms with Gasteiger partial charge in [-0.05, 0) is 80.4 Å². The van der Waals surface area contributed by atoms with Crippen LogP contribution in [0, 0.1) is 29.3 Å². The summed E-state index contributed by atoms with van der Waals surface area (Å²) in [7, 11) is 0. The lowest BCUT2D eigenvalue weighted by molar-refractivity contribution is -0.0147. The van der Waals surface area contributed by atoms with Crippen molar-refractivity contribution >= 4 is 0 Å². The topological polar surface area (TPSA) is 9.23 Å². The van der Waals surface area contributed by atoms with Gasteiger partial charge in [0.25, 0.3) is 0 Å². The van der Waals surface area contributed by atoms with Crippen LogP contribution in [0.2, 0.25) is 0 Å². The van der Waals surface area contributed by atoms with E-state index in [1.54, 1.807) is 0 Å². The summed E-state index contributed by atoms with van der Waals surface area (Å²) in [6.07, 6.45) is 7.71. The summed E-state index contributed by atoms with van der Waals surface area (Å²) in [6, 6.07) is 2.36. The largest absolute Gasteiger partial charge is 0.378 e. The van der Waals surface area contributed by atoms with E-state index in [2.05, 4.69) is 6.92 Å². The van der Waals surface area contributed by atoms with Crippen molar-refractivity contribution in [2.24, 2.45) is 11.8 Å². The van der Waals surface area contributed by atoms with Gasteiger partial charge in [0.2, 0.25) is 0 Å². The lowest BCUT2D eigenvalue weighted by Gasteiger charge is -2.42. The molecule has 0 spiro atoms. The predicted molar refractivity (Wildman–Crippen MR) is 83.8 cm³/mol. The maximum atomic E-state index is 13.5. The van der Waals surface area contributed by atoms with Crippen LogP contribution >= 0.6 is 0 Å². The molecule has 0 radical (unpaired) electrons. The van der Waals surface area contributed by atoms with Crippen molar-refractivity contribution < 1.29 is 17.9 Å². The Bertz CT molecular complexity index is 522. The number of hydrogen-bond donors (Lipinski definition) is 0.